The molecule has 3 rings (SSSR count). The van der Waals surface area contributed by atoms with Crippen LogP contribution in [0.4, 0.5) is 0 Å². The van der Waals surface area contributed by atoms with Crippen molar-refractivity contribution in [1.29, 1.82) is 0 Å². The number of fused-ring (bicyclic) bond motifs is 1. The van der Waals surface area contributed by atoms with Gasteiger partial charge in [0.15, 0.2) is 5.65 Å². The lowest BCUT2D eigenvalue weighted by Crippen LogP contribution is -2.52. The van der Waals surface area contributed by atoms with E-state index < -0.39 is 0 Å². The number of nitrogens with zero attached hydrogens (tertiary/aromatic N) is 4. The van der Waals surface area contributed by atoms with Crippen LogP contribution in [-0.2, 0) is 5.54 Å². The third-order valence-corrected chi connectivity index (χ3v) is 5.05. The second-order valence-corrected chi connectivity index (χ2v) is 8.67. The number of halogens is 2. The SMILES string of the molecule is Cc1nn(C(C)(C)C)c2nc(C(C)C)cc(C(=O)N3CCNC[C@@H]3C)c12.Cl.Cl. The van der Waals surface area contributed by atoms with E-state index in [1.165, 1.54) is 0 Å². The van der Waals surface area contributed by atoms with Gasteiger partial charge in [-0.3, -0.25) is 4.79 Å². The van der Waals surface area contributed by atoms with Crippen LogP contribution in [0.5, 0.6) is 0 Å². The zero-order valence-electron chi connectivity index (χ0n) is 17.9. The summed E-state index contributed by atoms with van der Waals surface area (Å²) in [5.41, 5.74) is 3.16. The highest BCUT2D eigenvalue weighted by Gasteiger charge is 2.29. The monoisotopic (exact) mass is 429 g/mol. The van der Waals surface area contributed by atoms with E-state index in [0.717, 1.165) is 47.6 Å². The Kier molecular flexibility index (Phi) is 7.90. The molecule has 0 saturated carbocycles. The largest absolute Gasteiger partial charge is 0.333 e. The smallest absolute Gasteiger partial charge is 0.255 e. The number of hydrogen-bond donors (Lipinski definition) is 1. The van der Waals surface area contributed by atoms with Gasteiger partial charge in [-0.05, 0) is 46.6 Å². The van der Waals surface area contributed by atoms with Crippen LogP contribution in [0, 0.1) is 6.92 Å². The van der Waals surface area contributed by atoms with Crippen LogP contribution in [0.1, 0.15) is 69.2 Å². The Balaban J connectivity index is 0.00000196. The van der Waals surface area contributed by atoms with E-state index in [-0.39, 0.29) is 48.2 Å². The van der Waals surface area contributed by atoms with Gasteiger partial charge in [0.25, 0.3) is 5.91 Å². The lowest BCUT2D eigenvalue weighted by atomic mass is 10.0. The predicted molar refractivity (Wildman–Crippen MR) is 119 cm³/mol. The molecule has 0 unspecified atom stereocenters. The summed E-state index contributed by atoms with van der Waals surface area (Å²) in [5.74, 6) is 0.333. The molecule has 0 aliphatic carbocycles. The first-order chi connectivity index (χ1) is 12.1. The summed E-state index contributed by atoms with van der Waals surface area (Å²) in [6.07, 6.45) is 0. The van der Waals surface area contributed by atoms with Crippen molar-refractivity contribution in [1.82, 2.24) is 25.0 Å². The van der Waals surface area contributed by atoms with Crippen molar-refractivity contribution < 1.29 is 4.79 Å². The lowest BCUT2D eigenvalue weighted by molar-refractivity contribution is 0.0657. The summed E-state index contributed by atoms with van der Waals surface area (Å²) < 4.78 is 1.96. The first-order valence-corrected chi connectivity index (χ1v) is 9.53. The minimum absolute atomic E-state index is 0. The summed E-state index contributed by atoms with van der Waals surface area (Å²) in [4.78, 5) is 20.3. The molecule has 28 heavy (non-hydrogen) atoms. The Morgan fingerprint density at radius 2 is 1.93 bits per heavy atom. The molecule has 2 aromatic rings. The molecule has 0 radical (unpaired) electrons. The molecule has 1 aliphatic heterocycles. The minimum atomic E-state index is -0.197. The maximum absolute atomic E-state index is 13.4. The Bertz CT molecular complexity index is 841. The second kappa shape index (κ2) is 8.97. The van der Waals surface area contributed by atoms with Gasteiger partial charge in [0.05, 0.1) is 22.2 Å². The predicted octanol–water partition coefficient (Wildman–Crippen LogP) is 3.90. The van der Waals surface area contributed by atoms with Gasteiger partial charge in [-0.25, -0.2) is 9.67 Å². The second-order valence-electron chi connectivity index (χ2n) is 8.67. The van der Waals surface area contributed by atoms with E-state index >= 15 is 0 Å². The van der Waals surface area contributed by atoms with Crippen molar-refractivity contribution in [3.05, 3.63) is 23.0 Å². The van der Waals surface area contributed by atoms with Crippen molar-refractivity contribution in [2.45, 2.75) is 66.0 Å². The quantitative estimate of drug-likeness (QED) is 0.785. The molecule has 1 amide bonds. The van der Waals surface area contributed by atoms with Crippen molar-refractivity contribution in [2.75, 3.05) is 19.6 Å². The van der Waals surface area contributed by atoms with Crippen LogP contribution in [0.25, 0.3) is 11.0 Å². The highest BCUT2D eigenvalue weighted by molar-refractivity contribution is 6.06. The number of amides is 1. The molecule has 8 heteroatoms. The Morgan fingerprint density at radius 1 is 1.29 bits per heavy atom. The van der Waals surface area contributed by atoms with Gasteiger partial charge in [-0.15, -0.1) is 24.8 Å². The van der Waals surface area contributed by atoms with E-state index in [2.05, 4.69) is 46.9 Å². The van der Waals surface area contributed by atoms with Crippen molar-refractivity contribution in [2.24, 2.45) is 0 Å². The molecule has 1 fully saturated rings. The molecular formula is C20H33Cl2N5O. The molecular weight excluding hydrogens is 397 g/mol. The van der Waals surface area contributed by atoms with Gasteiger partial charge < -0.3 is 10.2 Å². The fraction of sp³-hybridized carbons (Fsp3) is 0.650. The van der Waals surface area contributed by atoms with Gasteiger partial charge in [-0.1, -0.05) is 13.8 Å². The van der Waals surface area contributed by atoms with Crippen molar-refractivity contribution in [3.8, 4) is 0 Å². The third kappa shape index (κ3) is 4.44. The van der Waals surface area contributed by atoms with Crippen molar-refractivity contribution >= 4 is 41.8 Å². The van der Waals surface area contributed by atoms with Gasteiger partial charge in [0, 0.05) is 31.4 Å². The molecule has 1 aliphatic rings. The average Bonchev–Trinajstić information content (AvgIpc) is 2.91. The van der Waals surface area contributed by atoms with Gasteiger partial charge in [0.2, 0.25) is 0 Å². The number of carbonyl (C=O) groups excluding carboxylic acids is 1. The van der Waals surface area contributed by atoms with E-state index in [9.17, 15) is 4.79 Å². The fourth-order valence-electron chi connectivity index (χ4n) is 3.54. The molecule has 0 bridgehead atoms. The first kappa shape index (κ1) is 24.7. The number of carbonyl (C=O) groups is 1. The van der Waals surface area contributed by atoms with E-state index in [4.69, 9.17) is 10.1 Å². The first-order valence-electron chi connectivity index (χ1n) is 9.53. The van der Waals surface area contributed by atoms with Crippen LogP contribution in [0.15, 0.2) is 6.07 Å². The average molecular weight is 430 g/mol. The topological polar surface area (TPSA) is 63.1 Å². The third-order valence-electron chi connectivity index (χ3n) is 5.05. The Hall–Kier alpha value is -1.37. The van der Waals surface area contributed by atoms with Gasteiger partial charge in [-0.2, -0.15) is 5.10 Å². The zero-order chi connectivity index (χ0) is 19.2. The summed E-state index contributed by atoms with van der Waals surface area (Å²) in [6, 6.07) is 2.16. The molecule has 1 saturated heterocycles. The van der Waals surface area contributed by atoms with E-state index in [1.54, 1.807) is 0 Å². The Labute approximate surface area is 180 Å². The lowest BCUT2D eigenvalue weighted by Gasteiger charge is -2.34. The Morgan fingerprint density at radius 3 is 2.46 bits per heavy atom. The van der Waals surface area contributed by atoms with Crippen LogP contribution in [0.3, 0.4) is 0 Å². The highest BCUT2D eigenvalue weighted by Crippen LogP contribution is 2.30. The minimum Gasteiger partial charge on any atom is -0.333 e. The normalized spacial score (nSPS) is 17.4. The van der Waals surface area contributed by atoms with E-state index in [1.807, 2.05) is 22.6 Å². The van der Waals surface area contributed by atoms with Crippen LogP contribution >= 0.6 is 24.8 Å². The molecule has 158 valence electrons. The molecule has 1 atom stereocenters. The zero-order valence-corrected chi connectivity index (χ0v) is 19.5. The number of rotatable bonds is 2. The van der Waals surface area contributed by atoms with Crippen LogP contribution < -0.4 is 5.32 Å². The number of hydrogen-bond acceptors (Lipinski definition) is 4. The van der Waals surface area contributed by atoms with Gasteiger partial charge in [0.1, 0.15) is 0 Å². The van der Waals surface area contributed by atoms with E-state index in [0.29, 0.717) is 0 Å². The fourth-order valence-corrected chi connectivity index (χ4v) is 3.54. The molecule has 0 spiro atoms. The summed E-state index contributed by atoms with van der Waals surface area (Å²) >= 11 is 0. The van der Waals surface area contributed by atoms with Crippen LogP contribution in [0.2, 0.25) is 0 Å². The molecule has 6 nitrogen and oxygen atoms in total. The number of pyridine rings is 1. The number of aromatic nitrogens is 3. The molecule has 2 aromatic heterocycles. The van der Waals surface area contributed by atoms with Crippen molar-refractivity contribution in [3.63, 3.8) is 0 Å². The highest BCUT2D eigenvalue weighted by atomic mass is 35.5. The summed E-state index contributed by atoms with van der Waals surface area (Å²) in [7, 11) is 0. The number of piperazine rings is 1. The standard InChI is InChI=1S/C20H31N5O.2ClH/c1-12(2)16-10-15(19(26)24-9-8-21-11-13(24)3)17-14(4)23-25(18(17)22-16)20(5,6)7;;/h10,12-13,21H,8-9,11H2,1-7H3;2*1H/t13-;;/m0../s1. The molecule has 1 N–H and O–H groups in total. The van der Waals surface area contributed by atoms with Gasteiger partial charge >= 0.3 is 0 Å². The summed E-state index contributed by atoms with van der Waals surface area (Å²) in [5, 5.41) is 8.98. The molecule has 0 aromatic carbocycles. The van der Waals surface area contributed by atoms with Crippen LogP contribution in [-0.4, -0.2) is 51.2 Å². The number of aryl methyl sites for hydroxylation is 1. The maximum Gasteiger partial charge on any atom is 0.255 e. The molecule has 3 heterocycles. The maximum atomic E-state index is 13.4. The number of nitrogens with one attached hydrogen (secondary N) is 1. The summed E-state index contributed by atoms with van der Waals surface area (Å²) in [6.45, 7) is 17.0.